The zero-order chi connectivity index (χ0) is 13.8. The number of nitrogens with zero attached hydrogens (tertiary/aromatic N) is 1. The summed E-state index contributed by atoms with van der Waals surface area (Å²) in [7, 11) is 0. The maximum absolute atomic E-state index is 10.6. The van der Waals surface area contributed by atoms with Crippen LogP contribution in [0.15, 0.2) is 0 Å². The zero-order valence-electron chi connectivity index (χ0n) is 12.1. The van der Waals surface area contributed by atoms with E-state index < -0.39 is 5.97 Å². The molecule has 1 N–H and O–H groups in total. The van der Waals surface area contributed by atoms with Crippen molar-refractivity contribution in [2.45, 2.75) is 59.0 Å². The second kappa shape index (κ2) is 6.80. The molecule has 1 rings (SSSR count). The lowest BCUT2D eigenvalue weighted by molar-refractivity contribution is -0.137. The van der Waals surface area contributed by atoms with Crippen molar-refractivity contribution < 1.29 is 9.90 Å². The molecule has 106 valence electrons. The molecule has 0 radical (unpaired) electrons. The maximum atomic E-state index is 10.6. The van der Waals surface area contributed by atoms with Crippen LogP contribution in [0.4, 0.5) is 0 Å². The second-order valence-electron chi connectivity index (χ2n) is 6.37. The van der Waals surface area contributed by atoms with E-state index >= 15 is 0 Å². The molecule has 0 aliphatic carbocycles. The minimum Gasteiger partial charge on any atom is -0.481 e. The molecule has 18 heavy (non-hydrogen) atoms. The second-order valence-corrected chi connectivity index (χ2v) is 7.40. The summed E-state index contributed by atoms with van der Waals surface area (Å²) in [4.78, 5) is 13.1. The molecule has 0 bridgehead atoms. The van der Waals surface area contributed by atoms with Gasteiger partial charge in [0.15, 0.2) is 0 Å². The third kappa shape index (κ3) is 5.19. The van der Waals surface area contributed by atoms with Crippen LogP contribution in [-0.2, 0) is 4.79 Å². The first kappa shape index (κ1) is 15.8. The van der Waals surface area contributed by atoms with Crippen LogP contribution in [0, 0.1) is 5.41 Å². The fraction of sp³-hybridized carbons (Fsp3) is 0.929. The number of hydrogen-bond acceptors (Lipinski definition) is 3. The minimum absolute atomic E-state index is 0.284. The molecule has 0 aromatic heterocycles. The van der Waals surface area contributed by atoms with Gasteiger partial charge in [0.2, 0.25) is 0 Å². The summed E-state index contributed by atoms with van der Waals surface area (Å²) in [6.07, 6.45) is 2.27. The molecule has 0 spiro atoms. The molecule has 1 atom stereocenters. The fourth-order valence-corrected chi connectivity index (χ4v) is 4.08. The average molecular weight is 273 g/mol. The third-order valence-corrected chi connectivity index (χ3v) is 5.14. The normalized spacial score (nSPS) is 23.6. The first-order valence-electron chi connectivity index (χ1n) is 6.87. The summed E-state index contributed by atoms with van der Waals surface area (Å²) < 4.78 is 0. The van der Waals surface area contributed by atoms with Crippen molar-refractivity contribution in [2.24, 2.45) is 5.41 Å². The molecule has 4 heteroatoms. The Labute approximate surface area is 115 Å². The molecule has 0 aromatic rings. The van der Waals surface area contributed by atoms with Crippen LogP contribution in [-0.4, -0.2) is 46.1 Å². The van der Waals surface area contributed by atoms with E-state index in [1.807, 2.05) is 11.8 Å². The predicted octanol–water partition coefficient (Wildman–Crippen LogP) is 3.09. The third-order valence-electron chi connectivity index (χ3n) is 3.53. The van der Waals surface area contributed by atoms with E-state index in [9.17, 15) is 4.79 Å². The smallest absolute Gasteiger partial charge is 0.303 e. The van der Waals surface area contributed by atoms with Gasteiger partial charge >= 0.3 is 5.97 Å². The first-order chi connectivity index (χ1) is 8.32. The molecule has 1 saturated heterocycles. The SMILES string of the molecule is CC(C)N(CCCC(=O)O)C1CSCC(C)(C)C1. The fourth-order valence-electron chi connectivity index (χ4n) is 2.72. The van der Waals surface area contributed by atoms with E-state index in [1.165, 1.54) is 17.9 Å². The van der Waals surface area contributed by atoms with Crippen molar-refractivity contribution in [1.29, 1.82) is 0 Å². The highest BCUT2D eigenvalue weighted by atomic mass is 32.2. The molecule has 0 amide bonds. The average Bonchev–Trinajstić information content (AvgIpc) is 2.21. The summed E-state index contributed by atoms with van der Waals surface area (Å²) in [5, 5.41) is 8.74. The lowest BCUT2D eigenvalue weighted by Crippen LogP contribution is -2.47. The molecule has 1 heterocycles. The summed E-state index contributed by atoms with van der Waals surface area (Å²) in [5.74, 6) is 1.75. The van der Waals surface area contributed by atoms with Gasteiger partial charge < -0.3 is 5.11 Å². The Bertz CT molecular complexity index is 279. The molecular weight excluding hydrogens is 246 g/mol. The van der Waals surface area contributed by atoms with Gasteiger partial charge in [-0.1, -0.05) is 13.8 Å². The van der Waals surface area contributed by atoms with E-state index in [0.717, 1.165) is 13.0 Å². The summed E-state index contributed by atoms with van der Waals surface area (Å²) in [6.45, 7) is 10.0. The standard InChI is InChI=1S/C14H27NO2S/c1-11(2)15(7-5-6-13(16)17)12-8-14(3,4)10-18-9-12/h11-12H,5-10H2,1-4H3,(H,16,17). The van der Waals surface area contributed by atoms with Crippen LogP contribution >= 0.6 is 11.8 Å². The Morgan fingerprint density at radius 2 is 2.17 bits per heavy atom. The Morgan fingerprint density at radius 3 is 2.67 bits per heavy atom. The molecule has 0 saturated carbocycles. The predicted molar refractivity (Wildman–Crippen MR) is 78.2 cm³/mol. The number of thioether (sulfide) groups is 1. The molecule has 3 nitrogen and oxygen atoms in total. The van der Waals surface area contributed by atoms with E-state index in [1.54, 1.807) is 0 Å². The number of aliphatic carboxylic acids is 1. The van der Waals surface area contributed by atoms with E-state index in [-0.39, 0.29) is 6.42 Å². The Morgan fingerprint density at radius 1 is 1.50 bits per heavy atom. The molecule has 1 aliphatic heterocycles. The van der Waals surface area contributed by atoms with Crippen molar-refractivity contribution >= 4 is 17.7 Å². The number of hydrogen-bond donors (Lipinski definition) is 1. The van der Waals surface area contributed by atoms with Crippen LogP contribution in [0.5, 0.6) is 0 Å². The highest BCUT2D eigenvalue weighted by Gasteiger charge is 2.32. The van der Waals surface area contributed by atoms with Crippen molar-refractivity contribution in [3.8, 4) is 0 Å². The van der Waals surface area contributed by atoms with Gasteiger partial charge in [0.05, 0.1) is 0 Å². The monoisotopic (exact) mass is 273 g/mol. The van der Waals surface area contributed by atoms with E-state index in [4.69, 9.17) is 5.11 Å². The molecular formula is C14H27NO2S. The Hall–Kier alpha value is -0.220. The van der Waals surface area contributed by atoms with E-state index in [2.05, 4.69) is 32.6 Å². The van der Waals surface area contributed by atoms with Gasteiger partial charge in [-0.25, -0.2) is 0 Å². The first-order valence-corrected chi connectivity index (χ1v) is 8.02. The highest BCUT2D eigenvalue weighted by Crippen LogP contribution is 2.36. The van der Waals surface area contributed by atoms with Crippen LogP contribution in [0.25, 0.3) is 0 Å². The van der Waals surface area contributed by atoms with Gasteiger partial charge in [0.1, 0.15) is 0 Å². The molecule has 1 aliphatic rings. The van der Waals surface area contributed by atoms with Gasteiger partial charge in [-0.2, -0.15) is 11.8 Å². The lowest BCUT2D eigenvalue weighted by Gasteiger charge is -2.42. The Kier molecular flexibility index (Phi) is 5.99. The largest absolute Gasteiger partial charge is 0.481 e. The van der Waals surface area contributed by atoms with Crippen molar-refractivity contribution in [3.05, 3.63) is 0 Å². The van der Waals surface area contributed by atoms with Gasteiger partial charge in [-0.15, -0.1) is 0 Å². The molecule has 1 fully saturated rings. The highest BCUT2D eigenvalue weighted by molar-refractivity contribution is 7.99. The number of carboxylic acids is 1. The lowest BCUT2D eigenvalue weighted by atomic mass is 9.87. The van der Waals surface area contributed by atoms with Gasteiger partial charge in [0, 0.05) is 24.3 Å². The van der Waals surface area contributed by atoms with Crippen molar-refractivity contribution in [2.75, 3.05) is 18.1 Å². The van der Waals surface area contributed by atoms with Crippen molar-refractivity contribution in [1.82, 2.24) is 4.90 Å². The number of carboxylic acid groups (broad SMARTS) is 1. The summed E-state index contributed by atoms with van der Waals surface area (Å²) in [6, 6.07) is 1.10. The Balaban J connectivity index is 2.52. The van der Waals surface area contributed by atoms with Crippen LogP contribution in [0.2, 0.25) is 0 Å². The maximum Gasteiger partial charge on any atom is 0.303 e. The van der Waals surface area contributed by atoms with Crippen LogP contribution in [0.1, 0.15) is 47.0 Å². The van der Waals surface area contributed by atoms with Crippen LogP contribution in [0.3, 0.4) is 0 Å². The minimum atomic E-state index is -0.683. The topological polar surface area (TPSA) is 40.5 Å². The summed E-state index contributed by atoms with van der Waals surface area (Å²) in [5.41, 5.74) is 0.410. The number of carbonyl (C=O) groups is 1. The summed E-state index contributed by atoms with van der Waals surface area (Å²) >= 11 is 2.04. The van der Waals surface area contributed by atoms with Gasteiger partial charge in [0.25, 0.3) is 0 Å². The molecule has 1 unspecified atom stereocenters. The van der Waals surface area contributed by atoms with Gasteiger partial charge in [-0.3, -0.25) is 9.69 Å². The molecule has 0 aromatic carbocycles. The quantitative estimate of drug-likeness (QED) is 0.807. The number of rotatable bonds is 6. The van der Waals surface area contributed by atoms with Crippen LogP contribution < -0.4 is 0 Å². The van der Waals surface area contributed by atoms with Gasteiger partial charge in [-0.05, 0) is 44.4 Å². The zero-order valence-corrected chi connectivity index (χ0v) is 12.9. The van der Waals surface area contributed by atoms with E-state index in [0.29, 0.717) is 17.5 Å². The van der Waals surface area contributed by atoms with Crippen molar-refractivity contribution in [3.63, 3.8) is 0 Å².